The van der Waals surface area contributed by atoms with Crippen molar-refractivity contribution in [3.63, 3.8) is 0 Å². The second-order valence-corrected chi connectivity index (χ2v) is 9.08. The Kier molecular flexibility index (Phi) is 4.98. The van der Waals surface area contributed by atoms with Crippen LogP contribution in [0, 0.1) is 16.7 Å². The highest BCUT2D eigenvalue weighted by molar-refractivity contribution is 6.02. The molecular weight excluding hydrogens is 388 g/mol. The minimum Gasteiger partial charge on any atom is -0.379 e. The minimum atomic E-state index is -0.509. The average Bonchev–Trinajstić information content (AvgIpc) is 3.29. The number of carbonyl (C=O) groups is 1. The number of anilines is 1. The fourth-order valence-electron chi connectivity index (χ4n) is 4.66. The van der Waals surface area contributed by atoms with Gasteiger partial charge in [-0.15, -0.1) is 0 Å². The zero-order valence-electron chi connectivity index (χ0n) is 18.4. The number of hydrogen-bond acceptors (Lipinski definition) is 5. The van der Waals surface area contributed by atoms with Crippen molar-refractivity contribution in [3.8, 4) is 17.2 Å². The second-order valence-electron chi connectivity index (χ2n) is 9.08. The Morgan fingerprint density at radius 3 is 2.55 bits per heavy atom. The lowest BCUT2D eigenvalue weighted by Gasteiger charge is -2.42. The van der Waals surface area contributed by atoms with Crippen LogP contribution in [0.3, 0.4) is 0 Å². The molecule has 160 valence electrons. The van der Waals surface area contributed by atoms with Crippen molar-refractivity contribution >= 4 is 17.1 Å². The highest BCUT2D eigenvalue weighted by Crippen LogP contribution is 2.47. The molecule has 0 spiro atoms. The third kappa shape index (κ3) is 3.33. The molecule has 1 unspecified atom stereocenters. The van der Waals surface area contributed by atoms with E-state index in [9.17, 15) is 4.79 Å². The van der Waals surface area contributed by atoms with Crippen LogP contribution in [0.15, 0.2) is 42.7 Å². The van der Waals surface area contributed by atoms with Gasteiger partial charge in [-0.1, -0.05) is 26.0 Å². The van der Waals surface area contributed by atoms with Gasteiger partial charge in [0.25, 0.3) is 5.91 Å². The fourth-order valence-corrected chi connectivity index (χ4v) is 4.66. The monoisotopic (exact) mass is 416 g/mol. The van der Waals surface area contributed by atoms with Gasteiger partial charge in [0, 0.05) is 28.8 Å². The van der Waals surface area contributed by atoms with Crippen molar-refractivity contribution in [2.75, 3.05) is 12.4 Å². The van der Waals surface area contributed by atoms with Gasteiger partial charge >= 0.3 is 0 Å². The van der Waals surface area contributed by atoms with Gasteiger partial charge in [0.2, 0.25) is 0 Å². The number of nitrogens with two attached hydrogens (primary N) is 1. The number of aromatic nitrogens is 2. The predicted molar refractivity (Wildman–Crippen MR) is 122 cm³/mol. The van der Waals surface area contributed by atoms with Crippen LogP contribution in [0.1, 0.15) is 49.5 Å². The Bertz CT molecular complexity index is 1190. The van der Waals surface area contributed by atoms with E-state index in [0.29, 0.717) is 16.8 Å². The first-order valence-electron chi connectivity index (χ1n) is 10.5. The Morgan fingerprint density at radius 2 is 1.97 bits per heavy atom. The van der Waals surface area contributed by atoms with Gasteiger partial charge in [-0.2, -0.15) is 10.4 Å². The summed E-state index contributed by atoms with van der Waals surface area (Å²) in [5.74, 6) is -0.509. The van der Waals surface area contributed by atoms with Crippen molar-refractivity contribution in [2.24, 2.45) is 11.1 Å². The molecule has 1 fully saturated rings. The first-order chi connectivity index (χ1) is 14.7. The molecule has 1 aliphatic carbocycles. The van der Waals surface area contributed by atoms with E-state index in [1.54, 1.807) is 16.6 Å². The summed E-state index contributed by atoms with van der Waals surface area (Å²) in [6, 6.07) is 11.7. The predicted octanol–water partition coefficient (Wildman–Crippen LogP) is 3.55. The van der Waals surface area contributed by atoms with Gasteiger partial charge < -0.3 is 16.4 Å². The molecule has 1 aliphatic rings. The summed E-state index contributed by atoms with van der Waals surface area (Å²) < 4.78 is 1.77. The van der Waals surface area contributed by atoms with E-state index in [2.05, 4.69) is 42.6 Å². The quantitative estimate of drug-likeness (QED) is 0.589. The molecule has 0 bridgehead atoms. The summed E-state index contributed by atoms with van der Waals surface area (Å²) in [5, 5.41) is 20.6. The number of primary amides is 1. The number of nitrogens with zero attached hydrogens (tertiary/aromatic N) is 3. The molecule has 31 heavy (non-hydrogen) atoms. The maximum atomic E-state index is 12.2. The third-order valence-corrected chi connectivity index (χ3v) is 7.35. The summed E-state index contributed by atoms with van der Waals surface area (Å²) in [5.41, 5.74) is 10.1. The standard InChI is InChI=1S/C24H28N6O/c1-23(2)20(9-10-24(23,3)27-4)29-21-18(22(26)31)13-28-30-14-17(11-19(21)30)16-7-5-15(12-25)6-8-16/h5-8,11,13-14,20,27,29H,9-10H2,1-4H3,(H2,26,31)/t20-,24?/m1/s1. The van der Waals surface area contributed by atoms with E-state index in [1.165, 1.54) is 6.20 Å². The van der Waals surface area contributed by atoms with Gasteiger partial charge in [0.1, 0.15) is 0 Å². The van der Waals surface area contributed by atoms with Crippen molar-refractivity contribution < 1.29 is 4.79 Å². The van der Waals surface area contributed by atoms with Gasteiger partial charge in [0.15, 0.2) is 0 Å². The molecule has 4 rings (SSSR count). The third-order valence-electron chi connectivity index (χ3n) is 7.35. The Labute approximate surface area is 182 Å². The average molecular weight is 417 g/mol. The number of amides is 1. The molecule has 7 heteroatoms. The lowest BCUT2D eigenvalue weighted by Crippen LogP contribution is -2.53. The number of rotatable bonds is 5. The van der Waals surface area contributed by atoms with Gasteiger partial charge in [-0.25, -0.2) is 4.52 Å². The summed E-state index contributed by atoms with van der Waals surface area (Å²) in [7, 11) is 2.00. The summed E-state index contributed by atoms with van der Waals surface area (Å²) >= 11 is 0. The lowest BCUT2D eigenvalue weighted by atomic mass is 9.74. The van der Waals surface area contributed by atoms with Crippen molar-refractivity contribution in [3.05, 3.63) is 53.9 Å². The Balaban J connectivity index is 1.79. The van der Waals surface area contributed by atoms with Crippen LogP contribution in [0.25, 0.3) is 16.6 Å². The summed E-state index contributed by atoms with van der Waals surface area (Å²) in [6.45, 7) is 6.74. The first-order valence-corrected chi connectivity index (χ1v) is 10.5. The van der Waals surface area contributed by atoms with E-state index in [4.69, 9.17) is 11.0 Å². The Hall–Kier alpha value is -3.37. The smallest absolute Gasteiger partial charge is 0.252 e. The van der Waals surface area contributed by atoms with Crippen molar-refractivity contribution in [2.45, 2.75) is 45.2 Å². The molecule has 0 aliphatic heterocycles. The van der Waals surface area contributed by atoms with E-state index in [0.717, 1.165) is 29.5 Å². The normalized spacial score (nSPS) is 22.4. The number of hydrogen-bond donors (Lipinski definition) is 3. The van der Waals surface area contributed by atoms with Crippen molar-refractivity contribution in [1.82, 2.24) is 14.9 Å². The van der Waals surface area contributed by atoms with Gasteiger partial charge in [-0.05, 0) is 50.6 Å². The van der Waals surface area contributed by atoms with Crippen molar-refractivity contribution in [1.29, 1.82) is 5.26 Å². The summed E-state index contributed by atoms with van der Waals surface area (Å²) in [6.07, 6.45) is 5.45. The highest BCUT2D eigenvalue weighted by atomic mass is 16.1. The maximum Gasteiger partial charge on any atom is 0.252 e. The first kappa shape index (κ1) is 20.9. The number of nitriles is 1. The second kappa shape index (κ2) is 7.40. The molecule has 2 atom stereocenters. The van der Waals surface area contributed by atoms with Crippen LogP contribution >= 0.6 is 0 Å². The maximum absolute atomic E-state index is 12.2. The molecule has 2 heterocycles. The molecule has 0 saturated heterocycles. The Morgan fingerprint density at radius 1 is 1.26 bits per heavy atom. The summed E-state index contributed by atoms with van der Waals surface area (Å²) in [4.78, 5) is 12.2. The molecule has 1 aromatic carbocycles. The van der Waals surface area contributed by atoms with E-state index in [1.807, 2.05) is 31.4 Å². The van der Waals surface area contributed by atoms with Crippen LogP contribution in [0.4, 0.5) is 5.69 Å². The fraction of sp³-hybridized carbons (Fsp3) is 0.375. The SMILES string of the molecule is CNC1(C)CC[C@@H](Nc2c(C(N)=O)cnn3cc(-c4ccc(C#N)cc4)cc23)C1(C)C. The zero-order valence-corrected chi connectivity index (χ0v) is 18.4. The lowest BCUT2D eigenvalue weighted by molar-refractivity contribution is 0.100. The van der Waals surface area contributed by atoms with E-state index >= 15 is 0 Å². The molecular formula is C24H28N6O. The topological polar surface area (TPSA) is 108 Å². The number of carbonyl (C=O) groups excluding carboxylic acids is 1. The van der Waals surface area contributed by atoms with E-state index < -0.39 is 5.91 Å². The van der Waals surface area contributed by atoms with Crippen LogP contribution in [0.5, 0.6) is 0 Å². The number of nitrogens with one attached hydrogen (secondary N) is 2. The molecule has 4 N–H and O–H groups in total. The molecule has 0 radical (unpaired) electrons. The van der Waals surface area contributed by atoms with Crippen LogP contribution in [0.2, 0.25) is 0 Å². The molecule has 1 amide bonds. The van der Waals surface area contributed by atoms with Crippen LogP contribution in [-0.4, -0.2) is 34.1 Å². The van der Waals surface area contributed by atoms with Gasteiger partial charge in [0.05, 0.1) is 34.6 Å². The largest absolute Gasteiger partial charge is 0.379 e. The van der Waals surface area contributed by atoms with Crippen LogP contribution < -0.4 is 16.4 Å². The van der Waals surface area contributed by atoms with Crippen LogP contribution in [-0.2, 0) is 0 Å². The van der Waals surface area contributed by atoms with E-state index in [-0.39, 0.29) is 17.0 Å². The molecule has 3 aromatic rings. The molecule has 1 saturated carbocycles. The van der Waals surface area contributed by atoms with Gasteiger partial charge in [-0.3, -0.25) is 4.79 Å². The zero-order chi connectivity index (χ0) is 22.4. The highest BCUT2D eigenvalue weighted by Gasteiger charge is 2.51. The number of benzene rings is 1. The molecule has 2 aromatic heterocycles. The minimum absolute atomic E-state index is 0.0173. The molecule has 7 nitrogen and oxygen atoms in total. The number of fused-ring (bicyclic) bond motifs is 1.